The van der Waals surface area contributed by atoms with Crippen molar-refractivity contribution in [2.24, 2.45) is 0 Å². The summed E-state index contributed by atoms with van der Waals surface area (Å²) in [5, 5.41) is 8.62. The van der Waals surface area contributed by atoms with Crippen molar-refractivity contribution in [2.75, 3.05) is 0 Å². The Morgan fingerprint density at radius 2 is 2.25 bits per heavy atom. The Bertz CT molecular complexity index is 406. The molecule has 88 valence electrons. The fourth-order valence-electron chi connectivity index (χ4n) is 1.36. The maximum Gasteiger partial charge on any atom is 0.319 e. The number of carboxylic acids is 1. The minimum absolute atomic E-state index is 0.228. The van der Waals surface area contributed by atoms with E-state index in [1.165, 1.54) is 0 Å². The summed E-state index contributed by atoms with van der Waals surface area (Å²) in [7, 11) is -1.41. The molecule has 0 saturated carbocycles. The molecule has 0 bridgehead atoms. The van der Waals surface area contributed by atoms with E-state index in [0.29, 0.717) is 11.4 Å². The predicted molar refractivity (Wildman–Crippen MR) is 65.0 cm³/mol. The van der Waals surface area contributed by atoms with Gasteiger partial charge in [0, 0.05) is 21.6 Å². The summed E-state index contributed by atoms with van der Waals surface area (Å²) in [6.45, 7) is 1.72. The van der Waals surface area contributed by atoms with E-state index < -0.39 is 22.0 Å². The zero-order valence-corrected chi connectivity index (χ0v) is 10.4. The van der Waals surface area contributed by atoms with Crippen LogP contribution in [0.1, 0.15) is 18.9 Å². The van der Waals surface area contributed by atoms with Gasteiger partial charge in [0.1, 0.15) is 5.25 Å². The molecule has 3 nitrogen and oxygen atoms in total. The molecule has 0 aliphatic heterocycles. The normalized spacial score (nSPS) is 14.4. The maximum atomic E-state index is 11.8. The van der Waals surface area contributed by atoms with E-state index in [2.05, 4.69) is 0 Å². The Balaban J connectivity index is 2.74. The first kappa shape index (κ1) is 13.2. The van der Waals surface area contributed by atoms with E-state index in [1.54, 1.807) is 31.2 Å². The van der Waals surface area contributed by atoms with Crippen LogP contribution in [0.5, 0.6) is 0 Å². The van der Waals surface area contributed by atoms with Crippen molar-refractivity contribution in [3.8, 4) is 0 Å². The molecule has 2 unspecified atom stereocenters. The molecule has 1 aromatic carbocycles. The minimum Gasteiger partial charge on any atom is -0.480 e. The van der Waals surface area contributed by atoms with Gasteiger partial charge in [0.15, 0.2) is 0 Å². The van der Waals surface area contributed by atoms with Crippen LogP contribution in [0.25, 0.3) is 0 Å². The third-order valence-electron chi connectivity index (χ3n) is 2.16. The van der Waals surface area contributed by atoms with E-state index in [9.17, 15) is 9.00 Å². The van der Waals surface area contributed by atoms with Crippen molar-refractivity contribution < 1.29 is 14.1 Å². The highest BCUT2D eigenvalue weighted by molar-refractivity contribution is 7.85. The van der Waals surface area contributed by atoms with Crippen LogP contribution < -0.4 is 0 Å². The number of carbonyl (C=O) groups is 1. The fraction of sp³-hybridized carbons (Fsp3) is 0.364. The van der Waals surface area contributed by atoms with Crippen molar-refractivity contribution >= 4 is 28.4 Å². The Hall–Kier alpha value is -0.870. The molecule has 0 fully saturated rings. The molecular formula is C11H13ClO3S. The number of carboxylic acid groups (broad SMARTS) is 1. The average molecular weight is 261 g/mol. The van der Waals surface area contributed by atoms with E-state index in [1.807, 2.05) is 0 Å². The number of aliphatic carboxylic acids is 1. The summed E-state index contributed by atoms with van der Waals surface area (Å²) in [5.41, 5.74) is 0.797. The Labute approximate surface area is 102 Å². The molecular weight excluding hydrogens is 248 g/mol. The van der Waals surface area contributed by atoms with Gasteiger partial charge in [-0.1, -0.05) is 30.7 Å². The van der Waals surface area contributed by atoms with E-state index in [4.69, 9.17) is 16.7 Å². The third kappa shape index (κ3) is 3.61. The Morgan fingerprint density at radius 3 is 2.75 bits per heavy atom. The standard InChI is InChI=1S/C11H13ClO3S/c1-2-10(11(13)14)16(15)7-8-4-3-5-9(12)6-8/h3-6,10H,2,7H2,1H3,(H,13,14). The van der Waals surface area contributed by atoms with Crippen molar-refractivity contribution in [3.63, 3.8) is 0 Å². The van der Waals surface area contributed by atoms with Gasteiger partial charge in [-0.3, -0.25) is 9.00 Å². The SMILES string of the molecule is CCC(C(=O)O)S(=O)Cc1cccc(Cl)c1. The second kappa shape index (κ2) is 6.01. The third-order valence-corrected chi connectivity index (χ3v) is 4.18. The first-order valence-corrected chi connectivity index (χ1v) is 6.65. The molecule has 1 aromatic rings. The minimum atomic E-state index is -1.41. The highest BCUT2D eigenvalue weighted by Crippen LogP contribution is 2.14. The number of hydrogen-bond acceptors (Lipinski definition) is 2. The Kier molecular flexibility index (Phi) is 4.96. The molecule has 0 spiro atoms. The van der Waals surface area contributed by atoms with Crippen LogP contribution in [0.15, 0.2) is 24.3 Å². The molecule has 16 heavy (non-hydrogen) atoms. The van der Waals surface area contributed by atoms with E-state index in [-0.39, 0.29) is 5.75 Å². The van der Waals surface area contributed by atoms with Gasteiger partial charge in [0.25, 0.3) is 0 Å². The molecule has 0 aliphatic rings. The largest absolute Gasteiger partial charge is 0.480 e. The summed E-state index contributed by atoms with van der Waals surface area (Å²) < 4.78 is 11.8. The smallest absolute Gasteiger partial charge is 0.319 e. The average Bonchev–Trinajstić information content (AvgIpc) is 2.17. The van der Waals surface area contributed by atoms with Gasteiger partial charge in [0.05, 0.1) is 0 Å². The van der Waals surface area contributed by atoms with Crippen LogP contribution in [0.2, 0.25) is 5.02 Å². The summed E-state index contributed by atoms with van der Waals surface area (Å²) in [6, 6.07) is 6.98. The summed E-state index contributed by atoms with van der Waals surface area (Å²) in [5.74, 6) is -0.784. The lowest BCUT2D eigenvalue weighted by molar-refractivity contribution is -0.136. The Morgan fingerprint density at radius 1 is 1.56 bits per heavy atom. The molecule has 1 rings (SSSR count). The molecule has 5 heteroatoms. The first-order valence-electron chi connectivity index (χ1n) is 4.89. The van der Waals surface area contributed by atoms with E-state index in [0.717, 1.165) is 5.56 Å². The molecule has 0 aromatic heterocycles. The number of benzene rings is 1. The quantitative estimate of drug-likeness (QED) is 0.885. The van der Waals surface area contributed by atoms with Gasteiger partial charge < -0.3 is 5.11 Å². The lowest BCUT2D eigenvalue weighted by Gasteiger charge is -2.09. The van der Waals surface area contributed by atoms with Gasteiger partial charge in [0.2, 0.25) is 0 Å². The number of halogens is 1. The molecule has 2 atom stereocenters. The molecule has 0 saturated heterocycles. The highest BCUT2D eigenvalue weighted by Gasteiger charge is 2.22. The monoisotopic (exact) mass is 260 g/mol. The predicted octanol–water partition coefficient (Wildman–Crippen LogP) is 2.45. The summed E-state index contributed by atoms with van der Waals surface area (Å²) in [4.78, 5) is 10.8. The highest BCUT2D eigenvalue weighted by atomic mass is 35.5. The van der Waals surface area contributed by atoms with E-state index >= 15 is 0 Å². The van der Waals surface area contributed by atoms with Crippen LogP contribution in [0.4, 0.5) is 0 Å². The zero-order chi connectivity index (χ0) is 12.1. The fourth-order valence-corrected chi connectivity index (χ4v) is 2.88. The molecule has 0 heterocycles. The van der Waals surface area contributed by atoms with Crippen molar-refractivity contribution in [3.05, 3.63) is 34.9 Å². The van der Waals surface area contributed by atoms with Crippen LogP contribution in [-0.4, -0.2) is 20.5 Å². The van der Waals surface area contributed by atoms with Crippen LogP contribution in [-0.2, 0) is 21.3 Å². The van der Waals surface area contributed by atoms with Crippen molar-refractivity contribution in [1.82, 2.24) is 0 Å². The molecule has 0 radical (unpaired) electrons. The molecule has 0 amide bonds. The second-order valence-electron chi connectivity index (χ2n) is 3.39. The van der Waals surface area contributed by atoms with Gasteiger partial charge >= 0.3 is 5.97 Å². The molecule has 1 N–H and O–H groups in total. The zero-order valence-electron chi connectivity index (χ0n) is 8.85. The van der Waals surface area contributed by atoms with Crippen molar-refractivity contribution in [2.45, 2.75) is 24.3 Å². The summed E-state index contributed by atoms with van der Waals surface area (Å²) in [6.07, 6.45) is 0.364. The van der Waals surface area contributed by atoms with Gasteiger partial charge in [-0.05, 0) is 24.1 Å². The topological polar surface area (TPSA) is 54.4 Å². The van der Waals surface area contributed by atoms with Crippen LogP contribution in [0, 0.1) is 0 Å². The van der Waals surface area contributed by atoms with Crippen LogP contribution in [0.3, 0.4) is 0 Å². The lowest BCUT2D eigenvalue weighted by Crippen LogP contribution is -2.25. The van der Waals surface area contributed by atoms with Gasteiger partial charge in [-0.2, -0.15) is 0 Å². The number of hydrogen-bond donors (Lipinski definition) is 1. The van der Waals surface area contributed by atoms with Crippen molar-refractivity contribution in [1.29, 1.82) is 0 Å². The second-order valence-corrected chi connectivity index (χ2v) is 5.45. The maximum absolute atomic E-state index is 11.8. The number of rotatable bonds is 5. The summed E-state index contributed by atoms with van der Waals surface area (Å²) >= 11 is 5.79. The van der Waals surface area contributed by atoms with Crippen LogP contribution >= 0.6 is 11.6 Å². The lowest BCUT2D eigenvalue weighted by atomic mass is 10.2. The van der Waals surface area contributed by atoms with Gasteiger partial charge in [-0.15, -0.1) is 0 Å². The van der Waals surface area contributed by atoms with Gasteiger partial charge in [-0.25, -0.2) is 0 Å². The first-order chi connectivity index (χ1) is 7.54. The molecule has 0 aliphatic carbocycles.